The van der Waals surface area contributed by atoms with E-state index in [1.54, 1.807) is 0 Å². The summed E-state index contributed by atoms with van der Waals surface area (Å²) in [6.07, 6.45) is 0. The lowest BCUT2D eigenvalue weighted by molar-refractivity contribution is 0.236. The van der Waals surface area contributed by atoms with E-state index in [1.165, 1.54) is 5.56 Å². The first-order valence-corrected chi connectivity index (χ1v) is 6.69. The van der Waals surface area contributed by atoms with Gasteiger partial charge in [-0.15, -0.1) is 0 Å². The van der Waals surface area contributed by atoms with Crippen LogP contribution in [0.4, 0.5) is 4.79 Å². The Morgan fingerprint density at radius 1 is 1.21 bits per heavy atom. The fourth-order valence-corrected chi connectivity index (χ4v) is 1.76. The average Bonchev–Trinajstić information content (AvgIpc) is 2.34. The van der Waals surface area contributed by atoms with Crippen molar-refractivity contribution in [3.05, 3.63) is 29.8 Å². The smallest absolute Gasteiger partial charge is 0.314 e. The summed E-state index contributed by atoms with van der Waals surface area (Å²) in [5.41, 5.74) is 1.22. The Balaban J connectivity index is 2.48. The molecule has 0 radical (unpaired) electrons. The molecule has 0 aliphatic rings. The van der Waals surface area contributed by atoms with Crippen LogP contribution < -0.4 is 15.4 Å². The molecule has 19 heavy (non-hydrogen) atoms. The first-order chi connectivity index (χ1) is 8.95. The van der Waals surface area contributed by atoms with Crippen LogP contribution in [-0.2, 0) is 5.41 Å². The number of urea groups is 1. The molecule has 1 rings (SSSR count). The fourth-order valence-electron chi connectivity index (χ4n) is 1.76. The SMILES string of the molecule is CCNC(=O)NCCOc1ccccc1C(C)(C)C. The molecule has 0 saturated heterocycles. The minimum Gasteiger partial charge on any atom is -0.491 e. The molecule has 0 aliphatic heterocycles. The molecule has 0 aromatic heterocycles. The van der Waals surface area contributed by atoms with Crippen LogP contribution in [-0.4, -0.2) is 25.7 Å². The summed E-state index contributed by atoms with van der Waals surface area (Å²) in [7, 11) is 0. The molecule has 1 aromatic carbocycles. The first-order valence-electron chi connectivity index (χ1n) is 6.69. The van der Waals surface area contributed by atoms with Crippen LogP contribution >= 0.6 is 0 Å². The van der Waals surface area contributed by atoms with Gasteiger partial charge >= 0.3 is 6.03 Å². The summed E-state index contributed by atoms with van der Waals surface area (Å²) in [6.45, 7) is 9.93. The summed E-state index contributed by atoms with van der Waals surface area (Å²) in [6, 6.07) is 7.86. The summed E-state index contributed by atoms with van der Waals surface area (Å²) < 4.78 is 5.75. The zero-order valence-corrected chi connectivity index (χ0v) is 12.2. The molecule has 0 bridgehead atoms. The molecule has 4 nitrogen and oxygen atoms in total. The van der Waals surface area contributed by atoms with Crippen molar-refractivity contribution in [2.24, 2.45) is 0 Å². The Hall–Kier alpha value is -1.71. The van der Waals surface area contributed by atoms with Crippen molar-refractivity contribution >= 4 is 6.03 Å². The van der Waals surface area contributed by atoms with E-state index in [0.29, 0.717) is 19.7 Å². The van der Waals surface area contributed by atoms with E-state index >= 15 is 0 Å². The second kappa shape index (κ2) is 7.02. The number of carbonyl (C=O) groups excluding carboxylic acids is 1. The Kier molecular flexibility index (Phi) is 5.67. The molecule has 0 saturated carbocycles. The lowest BCUT2D eigenvalue weighted by atomic mass is 9.86. The third-order valence-electron chi connectivity index (χ3n) is 2.68. The van der Waals surface area contributed by atoms with Gasteiger partial charge in [0.25, 0.3) is 0 Å². The summed E-state index contributed by atoms with van der Waals surface area (Å²) >= 11 is 0. The summed E-state index contributed by atoms with van der Waals surface area (Å²) in [5.74, 6) is 0.882. The number of hydrogen-bond acceptors (Lipinski definition) is 2. The molecule has 0 aliphatic carbocycles. The zero-order chi connectivity index (χ0) is 14.3. The van der Waals surface area contributed by atoms with Gasteiger partial charge in [-0.2, -0.15) is 0 Å². The number of hydrogen-bond donors (Lipinski definition) is 2. The minimum absolute atomic E-state index is 0.0452. The number of carbonyl (C=O) groups is 1. The monoisotopic (exact) mass is 264 g/mol. The van der Waals surface area contributed by atoms with Gasteiger partial charge in [0, 0.05) is 6.54 Å². The number of ether oxygens (including phenoxy) is 1. The van der Waals surface area contributed by atoms with E-state index in [2.05, 4.69) is 37.5 Å². The maximum atomic E-state index is 11.2. The average molecular weight is 264 g/mol. The van der Waals surface area contributed by atoms with Crippen molar-refractivity contribution in [2.45, 2.75) is 33.1 Å². The van der Waals surface area contributed by atoms with Gasteiger partial charge < -0.3 is 15.4 Å². The molecule has 0 unspecified atom stereocenters. The third kappa shape index (κ3) is 5.20. The van der Waals surface area contributed by atoms with E-state index in [-0.39, 0.29) is 11.4 Å². The Morgan fingerprint density at radius 2 is 1.89 bits per heavy atom. The van der Waals surface area contributed by atoms with Crippen LogP contribution in [0.3, 0.4) is 0 Å². The summed E-state index contributed by atoms with van der Waals surface area (Å²) in [5, 5.41) is 5.41. The van der Waals surface area contributed by atoms with Crippen molar-refractivity contribution in [2.75, 3.05) is 19.7 Å². The molecule has 0 atom stereocenters. The number of benzene rings is 1. The van der Waals surface area contributed by atoms with Crippen molar-refractivity contribution in [3.63, 3.8) is 0 Å². The van der Waals surface area contributed by atoms with Gasteiger partial charge in [0.15, 0.2) is 0 Å². The maximum Gasteiger partial charge on any atom is 0.314 e. The Morgan fingerprint density at radius 3 is 2.53 bits per heavy atom. The van der Waals surface area contributed by atoms with E-state index in [4.69, 9.17) is 4.74 Å². The third-order valence-corrected chi connectivity index (χ3v) is 2.68. The highest BCUT2D eigenvalue weighted by Crippen LogP contribution is 2.30. The minimum atomic E-state index is -0.157. The highest BCUT2D eigenvalue weighted by molar-refractivity contribution is 5.73. The predicted octanol–water partition coefficient (Wildman–Crippen LogP) is 2.68. The molecular formula is C15H24N2O2. The van der Waals surface area contributed by atoms with E-state index in [0.717, 1.165) is 5.75 Å². The second-order valence-electron chi connectivity index (χ2n) is 5.38. The van der Waals surface area contributed by atoms with Crippen LogP contribution in [0.5, 0.6) is 5.75 Å². The Labute approximate surface area is 115 Å². The van der Waals surface area contributed by atoms with Gasteiger partial charge in [-0.25, -0.2) is 4.79 Å². The van der Waals surface area contributed by atoms with E-state index in [1.807, 2.05) is 25.1 Å². The fraction of sp³-hybridized carbons (Fsp3) is 0.533. The van der Waals surface area contributed by atoms with Crippen LogP contribution in [0.2, 0.25) is 0 Å². The predicted molar refractivity (Wildman–Crippen MR) is 77.7 cm³/mol. The second-order valence-corrected chi connectivity index (χ2v) is 5.38. The first kappa shape index (κ1) is 15.3. The summed E-state index contributed by atoms with van der Waals surface area (Å²) in [4.78, 5) is 11.2. The van der Waals surface area contributed by atoms with Crippen LogP contribution in [0.1, 0.15) is 33.3 Å². The number of amides is 2. The molecule has 2 N–H and O–H groups in total. The molecule has 0 spiro atoms. The lowest BCUT2D eigenvalue weighted by Gasteiger charge is -2.22. The number of para-hydroxylation sites is 1. The van der Waals surface area contributed by atoms with E-state index < -0.39 is 0 Å². The molecule has 106 valence electrons. The quantitative estimate of drug-likeness (QED) is 0.803. The molecule has 2 amide bonds. The lowest BCUT2D eigenvalue weighted by Crippen LogP contribution is -2.37. The molecule has 0 heterocycles. The van der Waals surface area contributed by atoms with E-state index in [9.17, 15) is 4.79 Å². The van der Waals surface area contributed by atoms with Gasteiger partial charge in [-0.05, 0) is 24.0 Å². The van der Waals surface area contributed by atoms with Crippen LogP contribution in [0.15, 0.2) is 24.3 Å². The van der Waals surface area contributed by atoms with Gasteiger partial charge in [-0.1, -0.05) is 39.0 Å². The number of nitrogens with one attached hydrogen (secondary N) is 2. The van der Waals surface area contributed by atoms with Crippen molar-refractivity contribution in [1.29, 1.82) is 0 Å². The van der Waals surface area contributed by atoms with Crippen molar-refractivity contribution in [1.82, 2.24) is 10.6 Å². The standard InChI is InChI=1S/C15H24N2O2/c1-5-16-14(18)17-10-11-19-13-9-7-6-8-12(13)15(2,3)4/h6-9H,5,10-11H2,1-4H3,(H2,16,17,18). The molecule has 4 heteroatoms. The topological polar surface area (TPSA) is 50.4 Å². The normalized spacial score (nSPS) is 10.9. The Bertz CT molecular complexity index is 411. The molecule has 1 aromatic rings. The maximum absolute atomic E-state index is 11.2. The van der Waals surface area contributed by atoms with Gasteiger partial charge in [-0.3, -0.25) is 0 Å². The highest BCUT2D eigenvalue weighted by Gasteiger charge is 2.18. The van der Waals surface area contributed by atoms with Crippen LogP contribution in [0.25, 0.3) is 0 Å². The van der Waals surface area contributed by atoms with Gasteiger partial charge in [0.1, 0.15) is 12.4 Å². The molecular weight excluding hydrogens is 240 g/mol. The number of rotatable bonds is 5. The largest absolute Gasteiger partial charge is 0.491 e. The van der Waals surface area contributed by atoms with Gasteiger partial charge in [0.05, 0.1) is 6.54 Å². The zero-order valence-electron chi connectivity index (χ0n) is 12.2. The van der Waals surface area contributed by atoms with Crippen molar-refractivity contribution < 1.29 is 9.53 Å². The van der Waals surface area contributed by atoms with Crippen LogP contribution in [0, 0.1) is 0 Å². The van der Waals surface area contributed by atoms with Crippen molar-refractivity contribution in [3.8, 4) is 5.75 Å². The molecule has 0 fully saturated rings. The highest BCUT2D eigenvalue weighted by atomic mass is 16.5. The van der Waals surface area contributed by atoms with Gasteiger partial charge in [0.2, 0.25) is 0 Å².